The molecule has 20 heavy (non-hydrogen) atoms. The molecule has 0 aliphatic rings. The fourth-order valence-corrected chi connectivity index (χ4v) is 3.21. The Kier molecular flexibility index (Phi) is 8.11. The van der Waals surface area contributed by atoms with E-state index in [1.807, 2.05) is 12.1 Å². The maximum absolute atomic E-state index is 6.34. The molecule has 2 atom stereocenters. The molecular weight excluding hydrogens is 338 g/mol. The summed E-state index contributed by atoms with van der Waals surface area (Å²) in [7, 11) is 1.79. The lowest BCUT2D eigenvalue weighted by Crippen LogP contribution is -2.45. The van der Waals surface area contributed by atoms with Crippen molar-refractivity contribution in [3.8, 4) is 0 Å². The predicted molar refractivity (Wildman–Crippen MR) is 90.6 cm³/mol. The Morgan fingerprint density at radius 1 is 1.35 bits per heavy atom. The molecule has 0 aliphatic carbocycles. The van der Waals surface area contributed by atoms with Gasteiger partial charge in [0.1, 0.15) is 0 Å². The summed E-state index contributed by atoms with van der Waals surface area (Å²) < 4.78 is 6.70. The van der Waals surface area contributed by atoms with Gasteiger partial charge in [-0.3, -0.25) is 0 Å². The van der Waals surface area contributed by atoms with Crippen LogP contribution in [0.25, 0.3) is 0 Å². The van der Waals surface area contributed by atoms with Gasteiger partial charge in [-0.05, 0) is 43.0 Å². The summed E-state index contributed by atoms with van der Waals surface area (Å²) in [6.07, 6.45) is 2.17. The average molecular weight is 363 g/mol. The Hall–Kier alpha value is -0.0900. The lowest BCUT2D eigenvalue weighted by Gasteiger charge is -2.30. The smallest absolute Gasteiger partial charge is 0.0750 e. The molecule has 1 aromatic carbocycles. The minimum atomic E-state index is 0.182. The van der Waals surface area contributed by atoms with Crippen LogP contribution in [0.15, 0.2) is 22.7 Å². The highest BCUT2D eigenvalue weighted by Gasteiger charge is 2.24. The number of hydrogen-bond donors (Lipinski definition) is 1. The molecule has 2 unspecified atom stereocenters. The Morgan fingerprint density at radius 2 is 2.05 bits per heavy atom. The molecule has 4 heteroatoms. The standard InChI is InChI=1S/C16H25BrClNO/c1-5-8-19-15(16(20-4)11(2)3)9-12-6-7-13(17)10-14(12)18/h6-7,10-11,15-16,19H,5,8-9H2,1-4H3. The second-order valence-corrected chi connectivity index (χ2v) is 6.77. The van der Waals surface area contributed by atoms with Crippen LogP contribution in [-0.4, -0.2) is 25.8 Å². The van der Waals surface area contributed by atoms with Crippen LogP contribution in [0.2, 0.25) is 5.02 Å². The van der Waals surface area contributed by atoms with E-state index in [1.165, 1.54) is 0 Å². The van der Waals surface area contributed by atoms with Crippen LogP contribution < -0.4 is 5.32 Å². The third-order valence-corrected chi connectivity index (χ3v) is 4.28. The topological polar surface area (TPSA) is 21.3 Å². The van der Waals surface area contributed by atoms with Gasteiger partial charge in [-0.1, -0.05) is 54.4 Å². The minimum Gasteiger partial charge on any atom is -0.380 e. The molecule has 2 nitrogen and oxygen atoms in total. The number of rotatable bonds is 8. The van der Waals surface area contributed by atoms with E-state index in [1.54, 1.807) is 7.11 Å². The molecule has 0 fully saturated rings. The van der Waals surface area contributed by atoms with Gasteiger partial charge in [0, 0.05) is 22.6 Å². The molecule has 1 rings (SSSR count). The van der Waals surface area contributed by atoms with E-state index < -0.39 is 0 Å². The third kappa shape index (κ3) is 5.36. The second-order valence-electron chi connectivity index (χ2n) is 5.44. The normalized spacial score (nSPS) is 14.6. The van der Waals surface area contributed by atoms with Crippen LogP contribution in [0.1, 0.15) is 32.8 Å². The summed E-state index contributed by atoms with van der Waals surface area (Å²) in [5, 5.41) is 4.40. The summed E-state index contributed by atoms with van der Waals surface area (Å²) in [5.41, 5.74) is 1.16. The highest BCUT2D eigenvalue weighted by atomic mass is 79.9. The molecule has 0 saturated heterocycles. The van der Waals surface area contributed by atoms with E-state index in [0.29, 0.717) is 5.92 Å². The van der Waals surface area contributed by atoms with Crippen molar-refractivity contribution < 1.29 is 4.74 Å². The minimum absolute atomic E-state index is 0.182. The first-order chi connectivity index (χ1) is 9.49. The Bertz CT molecular complexity index is 411. The average Bonchev–Trinajstić information content (AvgIpc) is 2.39. The molecule has 0 radical (unpaired) electrons. The van der Waals surface area contributed by atoms with Gasteiger partial charge in [0.05, 0.1) is 6.10 Å². The van der Waals surface area contributed by atoms with Crippen LogP contribution in [0, 0.1) is 5.92 Å². The van der Waals surface area contributed by atoms with E-state index in [4.69, 9.17) is 16.3 Å². The predicted octanol–water partition coefficient (Wildman–Crippen LogP) is 4.68. The number of halogens is 2. The summed E-state index contributed by atoms with van der Waals surface area (Å²) in [6.45, 7) is 7.55. The van der Waals surface area contributed by atoms with E-state index in [-0.39, 0.29) is 12.1 Å². The zero-order valence-corrected chi connectivity index (χ0v) is 15.1. The van der Waals surface area contributed by atoms with Crippen molar-refractivity contribution in [2.45, 2.75) is 45.8 Å². The fraction of sp³-hybridized carbons (Fsp3) is 0.625. The monoisotopic (exact) mass is 361 g/mol. The van der Waals surface area contributed by atoms with E-state index in [2.05, 4.69) is 48.1 Å². The Labute approximate surface area is 136 Å². The van der Waals surface area contributed by atoms with Crippen molar-refractivity contribution >= 4 is 27.5 Å². The maximum atomic E-state index is 6.34. The lowest BCUT2D eigenvalue weighted by atomic mass is 9.93. The van der Waals surface area contributed by atoms with Crippen molar-refractivity contribution in [2.24, 2.45) is 5.92 Å². The first kappa shape index (κ1) is 18.0. The molecule has 0 bridgehead atoms. The van der Waals surface area contributed by atoms with Crippen molar-refractivity contribution in [1.29, 1.82) is 0 Å². The largest absolute Gasteiger partial charge is 0.380 e. The van der Waals surface area contributed by atoms with Gasteiger partial charge in [0.2, 0.25) is 0 Å². The number of hydrogen-bond acceptors (Lipinski definition) is 2. The molecule has 0 aliphatic heterocycles. The van der Waals surface area contributed by atoms with E-state index >= 15 is 0 Å². The Balaban J connectivity index is 2.87. The number of methoxy groups -OCH3 is 1. The number of nitrogens with one attached hydrogen (secondary N) is 1. The molecule has 1 N–H and O–H groups in total. The first-order valence-electron chi connectivity index (χ1n) is 7.19. The SMILES string of the molecule is CCCNC(Cc1ccc(Br)cc1Cl)C(OC)C(C)C. The van der Waals surface area contributed by atoms with Gasteiger partial charge in [-0.25, -0.2) is 0 Å². The first-order valence-corrected chi connectivity index (χ1v) is 8.36. The van der Waals surface area contributed by atoms with Crippen LogP contribution in [-0.2, 0) is 11.2 Å². The van der Waals surface area contributed by atoms with Gasteiger partial charge in [0.15, 0.2) is 0 Å². The third-order valence-electron chi connectivity index (χ3n) is 3.44. The quantitative estimate of drug-likeness (QED) is 0.724. The summed E-state index contributed by atoms with van der Waals surface area (Å²) in [6, 6.07) is 6.35. The summed E-state index contributed by atoms with van der Waals surface area (Å²) in [5.74, 6) is 0.462. The molecule has 1 aromatic rings. The van der Waals surface area contributed by atoms with Gasteiger partial charge >= 0.3 is 0 Å². The molecule has 0 amide bonds. The van der Waals surface area contributed by atoms with E-state index in [0.717, 1.165) is 34.4 Å². The molecule has 114 valence electrons. The number of benzene rings is 1. The molecular formula is C16H25BrClNO. The lowest BCUT2D eigenvalue weighted by molar-refractivity contribution is 0.0333. The maximum Gasteiger partial charge on any atom is 0.0750 e. The molecule has 0 heterocycles. The van der Waals surface area contributed by atoms with Crippen molar-refractivity contribution in [3.63, 3.8) is 0 Å². The van der Waals surface area contributed by atoms with Crippen LogP contribution >= 0.6 is 27.5 Å². The molecule has 0 saturated carbocycles. The van der Waals surface area contributed by atoms with Gasteiger partial charge in [-0.2, -0.15) is 0 Å². The second kappa shape index (κ2) is 9.04. The van der Waals surface area contributed by atoms with Crippen molar-refractivity contribution in [1.82, 2.24) is 5.32 Å². The van der Waals surface area contributed by atoms with Crippen LogP contribution in [0.5, 0.6) is 0 Å². The number of ether oxygens (including phenoxy) is 1. The highest BCUT2D eigenvalue weighted by Crippen LogP contribution is 2.24. The molecule has 0 aromatic heterocycles. The highest BCUT2D eigenvalue weighted by molar-refractivity contribution is 9.10. The van der Waals surface area contributed by atoms with E-state index in [9.17, 15) is 0 Å². The zero-order valence-electron chi connectivity index (χ0n) is 12.7. The van der Waals surface area contributed by atoms with Gasteiger partial charge in [0.25, 0.3) is 0 Å². The Morgan fingerprint density at radius 3 is 2.55 bits per heavy atom. The van der Waals surface area contributed by atoms with Crippen LogP contribution in [0.3, 0.4) is 0 Å². The fourth-order valence-electron chi connectivity index (χ4n) is 2.46. The molecule has 0 spiro atoms. The van der Waals surface area contributed by atoms with Crippen LogP contribution in [0.4, 0.5) is 0 Å². The van der Waals surface area contributed by atoms with Gasteiger partial charge in [-0.15, -0.1) is 0 Å². The summed E-state index contributed by atoms with van der Waals surface area (Å²) in [4.78, 5) is 0. The van der Waals surface area contributed by atoms with Crippen molar-refractivity contribution in [3.05, 3.63) is 33.3 Å². The van der Waals surface area contributed by atoms with Gasteiger partial charge < -0.3 is 10.1 Å². The zero-order chi connectivity index (χ0) is 15.1. The van der Waals surface area contributed by atoms with Crippen molar-refractivity contribution in [2.75, 3.05) is 13.7 Å². The summed E-state index contributed by atoms with van der Waals surface area (Å²) >= 11 is 9.78.